The Kier molecular flexibility index (Phi) is 4.81. The van der Waals surface area contributed by atoms with Gasteiger partial charge >= 0.3 is 0 Å². The minimum Gasteiger partial charge on any atom is -0.378 e. The van der Waals surface area contributed by atoms with Crippen LogP contribution in [0, 0.1) is 11.6 Å². The number of benzene rings is 3. The monoisotopic (exact) mass is 446 g/mol. The van der Waals surface area contributed by atoms with Crippen LogP contribution in [-0.4, -0.2) is 40.0 Å². The van der Waals surface area contributed by atoms with Gasteiger partial charge in [-0.2, -0.15) is 10.2 Å². The number of carbonyl (C=O) groups excluding carboxylic acids is 1. The number of amides is 1. The zero-order valence-electron chi connectivity index (χ0n) is 18.1. The van der Waals surface area contributed by atoms with Crippen LogP contribution in [0.1, 0.15) is 10.4 Å². The molecule has 7 nitrogen and oxygen atoms in total. The maximum absolute atomic E-state index is 14.9. The highest BCUT2D eigenvalue weighted by atomic mass is 19.1. The maximum atomic E-state index is 14.9. The predicted molar refractivity (Wildman–Crippen MR) is 124 cm³/mol. The van der Waals surface area contributed by atoms with E-state index in [-0.39, 0.29) is 10.9 Å². The number of hydrogen-bond donors (Lipinski definition) is 2. The zero-order valence-corrected chi connectivity index (χ0v) is 18.1. The van der Waals surface area contributed by atoms with Gasteiger partial charge in [0.25, 0.3) is 5.91 Å². The van der Waals surface area contributed by atoms with Gasteiger partial charge in [0, 0.05) is 49.5 Å². The van der Waals surface area contributed by atoms with E-state index in [2.05, 4.69) is 20.6 Å². The molecule has 0 unspecified atom stereocenters. The molecule has 0 aliphatic rings. The number of aromatic amines is 1. The third-order valence-electron chi connectivity index (χ3n) is 5.65. The van der Waals surface area contributed by atoms with E-state index in [9.17, 15) is 13.6 Å². The molecule has 3 aromatic carbocycles. The predicted octanol–water partition coefficient (Wildman–Crippen LogP) is 4.71. The Morgan fingerprint density at radius 2 is 1.82 bits per heavy atom. The molecule has 0 aliphatic carbocycles. The molecule has 0 saturated heterocycles. The number of carbonyl (C=O) groups is 1. The summed E-state index contributed by atoms with van der Waals surface area (Å²) >= 11 is 0. The Morgan fingerprint density at radius 3 is 2.55 bits per heavy atom. The molecule has 2 heterocycles. The topological polar surface area (TPSA) is 78.8 Å². The second-order valence-corrected chi connectivity index (χ2v) is 7.98. The van der Waals surface area contributed by atoms with E-state index < -0.39 is 23.1 Å². The van der Waals surface area contributed by atoms with E-state index in [1.165, 1.54) is 10.9 Å². The zero-order chi connectivity index (χ0) is 23.3. The summed E-state index contributed by atoms with van der Waals surface area (Å²) in [5, 5.41) is 14.8. The lowest BCUT2D eigenvalue weighted by Crippen LogP contribution is -2.16. The van der Waals surface area contributed by atoms with Crippen molar-refractivity contribution in [3.63, 3.8) is 0 Å². The van der Waals surface area contributed by atoms with Gasteiger partial charge in [0.1, 0.15) is 17.2 Å². The van der Waals surface area contributed by atoms with Crippen LogP contribution in [0.15, 0.2) is 54.7 Å². The molecule has 2 aromatic heterocycles. The lowest BCUT2D eigenvalue weighted by molar-refractivity contribution is 0.101. The number of H-pyrrole nitrogens is 1. The van der Waals surface area contributed by atoms with E-state index in [4.69, 9.17) is 0 Å². The fourth-order valence-electron chi connectivity index (χ4n) is 3.85. The van der Waals surface area contributed by atoms with Crippen LogP contribution in [0.25, 0.3) is 33.1 Å². The van der Waals surface area contributed by atoms with Crippen LogP contribution >= 0.6 is 0 Å². The molecular weight excluding hydrogens is 426 g/mol. The first kappa shape index (κ1) is 20.6. The number of halogens is 2. The molecule has 0 bridgehead atoms. The Hall–Kier alpha value is -4.27. The maximum Gasteiger partial charge on any atom is 0.261 e. The van der Waals surface area contributed by atoms with Crippen LogP contribution < -0.4 is 10.2 Å². The van der Waals surface area contributed by atoms with Crippen molar-refractivity contribution in [2.75, 3.05) is 24.3 Å². The van der Waals surface area contributed by atoms with E-state index in [1.54, 1.807) is 25.2 Å². The summed E-state index contributed by atoms with van der Waals surface area (Å²) in [6, 6.07) is 14.1. The quantitative estimate of drug-likeness (QED) is 0.419. The van der Waals surface area contributed by atoms with Gasteiger partial charge < -0.3 is 10.2 Å². The van der Waals surface area contributed by atoms with Crippen molar-refractivity contribution in [3.8, 4) is 11.3 Å². The Bertz CT molecular complexity index is 1520. The summed E-state index contributed by atoms with van der Waals surface area (Å²) in [7, 11) is 5.50. The Morgan fingerprint density at radius 1 is 1.06 bits per heavy atom. The van der Waals surface area contributed by atoms with E-state index in [1.807, 2.05) is 43.3 Å². The minimum atomic E-state index is -0.952. The molecule has 1 amide bonds. The average molecular weight is 446 g/mol. The van der Waals surface area contributed by atoms with Gasteiger partial charge in [0.15, 0.2) is 0 Å². The second-order valence-electron chi connectivity index (χ2n) is 7.98. The lowest BCUT2D eigenvalue weighted by Gasteiger charge is -2.12. The molecule has 0 aliphatic heterocycles. The van der Waals surface area contributed by atoms with Crippen LogP contribution in [0.5, 0.6) is 0 Å². The van der Waals surface area contributed by atoms with Crippen molar-refractivity contribution >= 4 is 39.1 Å². The molecule has 2 N–H and O–H groups in total. The van der Waals surface area contributed by atoms with Gasteiger partial charge in [0.2, 0.25) is 0 Å². The summed E-state index contributed by atoms with van der Waals surface area (Å²) < 4.78 is 30.9. The summed E-state index contributed by atoms with van der Waals surface area (Å²) in [5.41, 5.74) is 3.45. The molecule has 9 heteroatoms. The number of aromatic nitrogens is 4. The highest BCUT2D eigenvalue weighted by Crippen LogP contribution is 2.30. The molecule has 0 saturated carbocycles. The number of fused-ring (bicyclic) bond motifs is 2. The number of nitrogens with one attached hydrogen (secondary N) is 2. The fraction of sp³-hybridized carbons (Fsp3) is 0.125. The van der Waals surface area contributed by atoms with Crippen LogP contribution in [0.3, 0.4) is 0 Å². The molecule has 33 heavy (non-hydrogen) atoms. The summed E-state index contributed by atoms with van der Waals surface area (Å²) in [6.45, 7) is 0. The van der Waals surface area contributed by atoms with Crippen molar-refractivity contribution in [1.29, 1.82) is 0 Å². The van der Waals surface area contributed by atoms with E-state index in [0.29, 0.717) is 11.4 Å². The van der Waals surface area contributed by atoms with Crippen LogP contribution in [0.4, 0.5) is 20.2 Å². The summed E-state index contributed by atoms with van der Waals surface area (Å²) in [6.07, 6.45) is 1.27. The summed E-state index contributed by atoms with van der Waals surface area (Å²) in [5.74, 6) is -2.77. The number of nitrogens with zero attached hydrogens (tertiary/aromatic N) is 4. The SMILES string of the molecule is CN(C)c1ccc(-c2n[nH]c3ccc(NC(=O)c4c(F)cc5c(cnn5C)c4F)cc23)cc1. The second kappa shape index (κ2) is 7.70. The number of hydrogen-bond acceptors (Lipinski definition) is 4. The molecule has 0 radical (unpaired) electrons. The Balaban J connectivity index is 1.49. The average Bonchev–Trinajstić information content (AvgIpc) is 3.37. The first-order chi connectivity index (χ1) is 15.8. The van der Waals surface area contributed by atoms with Gasteiger partial charge in [-0.25, -0.2) is 8.78 Å². The van der Waals surface area contributed by atoms with Crippen LogP contribution in [-0.2, 0) is 7.05 Å². The van der Waals surface area contributed by atoms with Gasteiger partial charge in [-0.1, -0.05) is 12.1 Å². The molecule has 0 atom stereocenters. The molecule has 5 aromatic rings. The highest BCUT2D eigenvalue weighted by molar-refractivity contribution is 6.08. The van der Waals surface area contributed by atoms with Crippen molar-refractivity contribution in [3.05, 3.63) is 71.9 Å². The van der Waals surface area contributed by atoms with Crippen molar-refractivity contribution < 1.29 is 13.6 Å². The number of aryl methyl sites for hydroxylation is 1. The molecule has 0 fully saturated rings. The minimum absolute atomic E-state index is 0.0813. The van der Waals surface area contributed by atoms with Gasteiger partial charge in [-0.05, 0) is 30.3 Å². The highest BCUT2D eigenvalue weighted by Gasteiger charge is 2.22. The van der Waals surface area contributed by atoms with Crippen molar-refractivity contribution in [2.24, 2.45) is 7.05 Å². The van der Waals surface area contributed by atoms with Gasteiger partial charge in [-0.15, -0.1) is 0 Å². The Labute approximate surface area is 187 Å². The number of anilines is 2. The van der Waals surface area contributed by atoms with E-state index >= 15 is 0 Å². The molecule has 0 spiro atoms. The third kappa shape index (κ3) is 3.47. The third-order valence-corrected chi connectivity index (χ3v) is 5.65. The van der Waals surface area contributed by atoms with Crippen molar-refractivity contribution in [2.45, 2.75) is 0 Å². The smallest absolute Gasteiger partial charge is 0.261 e. The van der Waals surface area contributed by atoms with Gasteiger partial charge in [-0.3, -0.25) is 14.6 Å². The normalized spacial score (nSPS) is 11.3. The standard InChI is InChI=1S/C24H20F2N6O/c1-31(2)15-7-4-13(5-8-15)23-16-10-14(6-9-19(16)29-30-23)28-24(33)21-18(25)11-20-17(22(21)26)12-27-32(20)3/h4-12H,1-3H3,(H,28,33)(H,29,30). The van der Waals surface area contributed by atoms with E-state index in [0.717, 1.165) is 28.2 Å². The van der Waals surface area contributed by atoms with Crippen LogP contribution in [0.2, 0.25) is 0 Å². The lowest BCUT2D eigenvalue weighted by atomic mass is 10.1. The first-order valence-corrected chi connectivity index (χ1v) is 10.2. The largest absolute Gasteiger partial charge is 0.378 e. The van der Waals surface area contributed by atoms with Crippen molar-refractivity contribution in [1.82, 2.24) is 20.0 Å². The molecule has 5 rings (SSSR count). The fourth-order valence-corrected chi connectivity index (χ4v) is 3.85. The number of rotatable bonds is 4. The summed E-state index contributed by atoms with van der Waals surface area (Å²) in [4.78, 5) is 14.8. The molecular formula is C24H20F2N6O. The first-order valence-electron chi connectivity index (χ1n) is 10.2. The molecule has 166 valence electrons. The van der Waals surface area contributed by atoms with Gasteiger partial charge in [0.05, 0.1) is 28.3 Å².